The van der Waals surface area contributed by atoms with Gasteiger partial charge in [-0.15, -0.1) is 0 Å². The summed E-state index contributed by atoms with van der Waals surface area (Å²) in [7, 11) is 0. The van der Waals surface area contributed by atoms with Crippen LogP contribution in [0.2, 0.25) is 0 Å². The molecule has 0 aromatic rings. The average Bonchev–Trinajstić information content (AvgIpc) is 2.34. The van der Waals surface area contributed by atoms with Gasteiger partial charge in [-0.3, -0.25) is 0 Å². The number of ether oxygens (including phenoxy) is 4. The Bertz CT molecular complexity index is 191. The van der Waals surface area contributed by atoms with E-state index in [1.807, 2.05) is 6.92 Å². The van der Waals surface area contributed by atoms with Crippen molar-refractivity contribution in [2.24, 2.45) is 0 Å². The van der Waals surface area contributed by atoms with Crippen LogP contribution in [0.5, 0.6) is 0 Å². The first-order valence-electron chi connectivity index (χ1n) is 5.94. The van der Waals surface area contributed by atoms with Crippen LogP contribution in [0.1, 0.15) is 6.92 Å². The second-order valence-electron chi connectivity index (χ2n) is 3.15. The van der Waals surface area contributed by atoms with Crippen LogP contribution in [0, 0.1) is 0 Å². The van der Waals surface area contributed by atoms with Gasteiger partial charge >= 0.3 is 96.0 Å². The predicted octanol–water partition coefficient (Wildman–Crippen LogP) is -0.125. The predicted molar refractivity (Wildman–Crippen MR) is 57.8 cm³/mol. The summed E-state index contributed by atoms with van der Waals surface area (Å²) in [5.74, 6) is 0. The summed E-state index contributed by atoms with van der Waals surface area (Å²) in [5, 5.41) is 0. The van der Waals surface area contributed by atoms with E-state index in [4.69, 9.17) is 22.6 Å². The van der Waals surface area contributed by atoms with Crippen molar-refractivity contribution in [2.75, 3.05) is 59.5 Å². The second kappa shape index (κ2) is 15.3. The Balaban J connectivity index is 2.92. The topological polar surface area (TPSA) is 83.5 Å². The van der Waals surface area contributed by atoms with Gasteiger partial charge in [0.25, 0.3) is 0 Å². The van der Waals surface area contributed by atoms with E-state index in [2.05, 4.69) is 3.32 Å². The van der Waals surface area contributed by atoms with Gasteiger partial charge in [0.2, 0.25) is 0 Å². The number of hydrogen-bond acceptors (Lipinski definition) is 6. The molecular weight excluding hydrogens is 280 g/mol. The van der Waals surface area contributed by atoms with Gasteiger partial charge in [-0.2, -0.15) is 0 Å². The van der Waals surface area contributed by atoms with Gasteiger partial charge in [-0.05, 0) is 6.92 Å². The van der Waals surface area contributed by atoms with Crippen molar-refractivity contribution < 1.29 is 47.9 Å². The molecule has 0 fully saturated rings. The monoisotopic (exact) mass is 302 g/mol. The molecule has 0 saturated heterocycles. The minimum absolute atomic E-state index is 0.149. The average molecular weight is 302 g/mol. The zero-order valence-corrected chi connectivity index (χ0v) is 12.3. The molecule has 0 aromatic carbocycles. The van der Waals surface area contributed by atoms with Crippen LogP contribution >= 0.6 is 0 Å². The molecule has 0 aromatic heterocycles. The molecular formula is C10H22O7Ti. The zero-order valence-electron chi connectivity index (χ0n) is 10.8. The van der Waals surface area contributed by atoms with Crippen LogP contribution in [0.3, 0.4) is 0 Å². The molecule has 0 aliphatic heterocycles. The number of hydrogen-bond donors (Lipinski definition) is 1. The molecule has 0 bridgehead atoms. The fourth-order valence-corrected chi connectivity index (χ4v) is 1.39. The van der Waals surface area contributed by atoms with Crippen molar-refractivity contribution in [2.45, 2.75) is 6.92 Å². The van der Waals surface area contributed by atoms with Crippen molar-refractivity contribution in [3.63, 3.8) is 0 Å². The van der Waals surface area contributed by atoms with Crippen LogP contribution < -0.4 is 0 Å². The molecule has 0 aliphatic carbocycles. The first-order chi connectivity index (χ1) is 8.77. The van der Waals surface area contributed by atoms with Gasteiger partial charge in [0, 0.05) is 6.61 Å². The van der Waals surface area contributed by atoms with Gasteiger partial charge < -0.3 is 4.74 Å². The Morgan fingerprint density at radius 3 is 1.56 bits per heavy atom. The van der Waals surface area contributed by atoms with E-state index in [1.54, 1.807) is 0 Å². The molecule has 8 heteroatoms. The molecule has 18 heavy (non-hydrogen) atoms. The Morgan fingerprint density at radius 1 is 0.778 bits per heavy atom. The van der Waals surface area contributed by atoms with E-state index in [1.165, 1.54) is 0 Å². The Hall–Kier alpha value is 0.274. The summed E-state index contributed by atoms with van der Waals surface area (Å²) >= 11 is -3.38. The van der Waals surface area contributed by atoms with Crippen LogP contribution in [-0.4, -0.2) is 63.1 Å². The van der Waals surface area contributed by atoms with E-state index >= 15 is 0 Å². The Morgan fingerprint density at radius 2 is 1.17 bits per heavy atom. The summed E-state index contributed by atoms with van der Waals surface area (Å²) in [6, 6.07) is 0. The molecule has 0 unspecified atom stereocenters. The second-order valence-corrected chi connectivity index (χ2v) is 4.43. The summed E-state index contributed by atoms with van der Waals surface area (Å²) in [4.78, 5) is 0. The van der Waals surface area contributed by atoms with Crippen LogP contribution in [0.4, 0.5) is 0 Å². The van der Waals surface area contributed by atoms with Crippen LogP contribution in [0.15, 0.2) is 0 Å². The molecule has 7 nitrogen and oxygen atoms in total. The van der Waals surface area contributed by atoms with Crippen molar-refractivity contribution in [3.8, 4) is 0 Å². The Kier molecular flexibility index (Phi) is 15.6. The zero-order chi connectivity index (χ0) is 13.5. The SMILES string of the molecule is CCOCCOCCOCCOCC[O][Ti](=[O])[OH]. The molecule has 0 heterocycles. The summed E-state index contributed by atoms with van der Waals surface area (Å²) < 4.78 is 43.8. The summed E-state index contributed by atoms with van der Waals surface area (Å²) in [5.41, 5.74) is 0. The third kappa shape index (κ3) is 16.3. The van der Waals surface area contributed by atoms with Gasteiger partial charge in [0.15, 0.2) is 0 Å². The molecule has 0 rings (SSSR count). The quantitative estimate of drug-likeness (QED) is 0.353. The third-order valence-electron chi connectivity index (χ3n) is 1.77. The van der Waals surface area contributed by atoms with Crippen LogP contribution in [0.25, 0.3) is 0 Å². The fourth-order valence-electron chi connectivity index (χ4n) is 0.992. The standard InChI is InChI=1S/C10H21O5.H2O.O.Ti/c1-2-12-5-6-14-9-10-15-8-7-13-4-3-11;;;/h2-10H2,1H3;1H2;;/q-1;;;+2/p-1. The maximum atomic E-state index is 10.2. The van der Waals surface area contributed by atoms with Gasteiger partial charge in [-0.25, -0.2) is 0 Å². The maximum absolute atomic E-state index is 10.2. The van der Waals surface area contributed by atoms with Gasteiger partial charge in [0.05, 0.1) is 0 Å². The van der Waals surface area contributed by atoms with Crippen molar-refractivity contribution in [1.29, 1.82) is 0 Å². The fraction of sp³-hybridized carbons (Fsp3) is 1.00. The molecule has 0 atom stereocenters. The molecule has 1 N–H and O–H groups in total. The van der Waals surface area contributed by atoms with Crippen LogP contribution in [-0.2, 0) is 44.2 Å². The van der Waals surface area contributed by atoms with E-state index in [0.29, 0.717) is 52.9 Å². The van der Waals surface area contributed by atoms with E-state index in [9.17, 15) is 3.32 Å². The Labute approximate surface area is 114 Å². The minimum atomic E-state index is -3.38. The van der Waals surface area contributed by atoms with E-state index < -0.39 is 18.6 Å². The van der Waals surface area contributed by atoms with Crippen molar-refractivity contribution >= 4 is 0 Å². The third-order valence-corrected chi connectivity index (χ3v) is 2.48. The van der Waals surface area contributed by atoms with Crippen molar-refractivity contribution in [3.05, 3.63) is 0 Å². The normalized spacial score (nSPS) is 10.8. The van der Waals surface area contributed by atoms with E-state index in [0.717, 1.165) is 0 Å². The molecule has 0 amide bonds. The first-order valence-corrected chi connectivity index (χ1v) is 7.91. The molecule has 0 radical (unpaired) electrons. The molecule has 108 valence electrons. The van der Waals surface area contributed by atoms with Gasteiger partial charge in [0.1, 0.15) is 0 Å². The first kappa shape index (κ1) is 18.3. The summed E-state index contributed by atoms with van der Waals surface area (Å²) in [6.45, 7) is 6.22. The van der Waals surface area contributed by atoms with E-state index in [-0.39, 0.29) is 6.61 Å². The van der Waals surface area contributed by atoms with Gasteiger partial charge in [-0.1, -0.05) is 0 Å². The molecule has 0 saturated carbocycles. The summed E-state index contributed by atoms with van der Waals surface area (Å²) in [6.07, 6.45) is 0. The number of rotatable bonds is 14. The molecule has 0 aliphatic rings. The molecule has 0 spiro atoms. The van der Waals surface area contributed by atoms with Crippen molar-refractivity contribution in [1.82, 2.24) is 0 Å².